The molecule has 1 atom stereocenters. The van der Waals surface area contributed by atoms with Gasteiger partial charge in [-0.3, -0.25) is 4.79 Å². The van der Waals surface area contributed by atoms with Gasteiger partial charge in [-0.1, -0.05) is 34.6 Å². The first-order valence-corrected chi connectivity index (χ1v) is 6.40. The van der Waals surface area contributed by atoms with Gasteiger partial charge in [0.25, 0.3) is 0 Å². The second-order valence-electron chi connectivity index (χ2n) is 4.93. The summed E-state index contributed by atoms with van der Waals surface area (Å²) < 4.78 is 0. The molecule has 0 aliphatic heterocycles. The Kier molecular flexibility index (Phi) is 6.65. The van der Waals surface area contributed by atoms with Crippen LogP contribution in [0.15, 0.2) is 0 Å². The predicted molar refractivity (Wildman–Crippen MR) is 67.6 cm³/mol. The Morgan fingerprint density at radius 3 is 2.00 bits per heavy atom. The highest BCUT2D eigenvalue weighted by atomic mass is 16.4. The predicted octanol–water partition coefficient (Wildman–Crippen LogP) is 2.90. The second-order valence-corrected chi connectivity index (χ2v) is 4.93. The first kappa shape index (κ1) is 15.4. The van der Waals surface area contributed by atoms with Gasteiger partial charge in [-0.05, 0) is 25.2 Å². The van der Waals surface area contributed by atoms with Gasteiger partial charge in [-0.15, -0.1) is 0 Å². The Balaban J connectivity index is 4.48. The highest BCUT2D eigenvalue weighted by Gasteiger charge is 2.35. The molecule has 2 N–H and O–H groups in total. The molecule has 0 radical (unpaired) electrons. The molecule has 3 heteroatoms. The Labute approximate surface area is 99.6 Å². The van der Waals surface area contributed by atoms with E-state index in [2.05, 4.69) is 26.1 Å². The van der Waals surface area contributed by atoms with Crippen LogP contribution in [0.2, 0.25) is 0 Å². The second kappa shape index (κ2) is 6.89. The molecule has 0 aromatic carbocycles. The smallest absolute Gasteiger partial charge is 0.310 e. The zero-order valence-electron chi connectivity index (χ0n) is 11.3. The standard InChI is InChI=1S/C13H27NO2/c1-6-11(10(4)5)14-9-13(7-2,8-3)12(15)16/h10-11,14H,6-9H2,1-5H3,(H,15,16). The van der Waals surface area contributed by atoms with Gasteiger partial charge in [0.05, 0.1) is 5.41 Å². The van der Waals surface area contributed by atoms with Gasteiger partial charge in [0.1, 0.15) is 0 Å². The molecule has 96 valence electrons. The van der Waals surface area contributed by atoms with Crippen molar-refractivity contribution in [2.45, 2.75) is 59.9 Å². The van der Waals surface area contributed by atoms with Crippen molar-refractivity contribution in [2.75, 3.05) is 6.54 Å². The number of rotatable bonds is 8. The van der Waals surface area contributed by atoms with E-state index in [0.717, 1.165) is 6.42 Å². The minimum absolute atomic E-state index is 0.414. The van der Waals surface area contributed by atoms with Gasteiger partial charge < -0.3 is 10.4 Å². The molecule has 0 saturated heterocycles. The monoisotopic (exact) mass is 229 g/mol. The van der Waals surface area contributed by atoms with Crippen LogP contribution in [-0.2, 0) is 4.79 Å². The van der Waals surface area contributed by atoms with E-state index in [-0.39, 0.29) is 0 Å². The molecule has 0 aliphatic rings. The number of hydrogen-bond donors (Lipinski definition) is 2. The van der Waals surface area contributed by atoms with E-state index in [0.29, 0.717) is 31.3 Å². The molecule has 0 saturated carbocycles. The first-order valence-electron chi connectivity index (χ1n) is 6.40. The molecule has 0 aromatic heterocycles. The zero-order chi connectivity index (χ0) is 12.8. The fourth-order valence-electron chi connectivity index (χ4n) is 2.06. The normalized spacial score (nSPS) is 14.1. The molecule has 0 fully saturated rings. The Morgan fingerprint density at radius 1 is 1.25 bits per heavy atom. The van der Waals surface area contributed by atoms with Crippen molar-refractivity contribution in [1.82, 2.24) is 5.32 Å². The zero-order valence-corrected chi connectivity index (χ0v) is 11.3. The highest BCUT2D eigenvalue weighted by Crippen LogP contribution is 2.26. The number of hydrogen-bond acceptors (Lipinski definition) is 2. The van der Waals surface area contributed by atoms with Crippen molar-refractivity contribution in [2.24, 2.45) is 11.3 Å². The van der Waals surface area contributed by atoms with Crippen molar-refractivity contribution in [3.63, 3.8) is 0 Å². The van der Waals surface area contributed by atoms with E-state index in [1.54, 1.807) is 0 Å². The third-order valence-corrected chi connectivity index (χ3v) is 3.75. The summed E-state index contributed by atoms with van der Waals surface area (Å²) >= 11 is 0. The Bertz CT molecular complexity index is 210. The maximum atomic E-state index is 11.3. The van der Waals surface area contributed by atoms with Crippen LogP contribution in [0.4, 0.5) is 0 Å². The lowest BCUT2D eigenvalue weighted by atomic mass is 9.82. The van der Waals surface area contributed by atoms with E-state index in [1.165, 1.54) is 0 Å². The molecule has 0 aliphatic carbocycles. The molecule has 0 aromatic rings. The van der Waals surface area contributed by atoms with Crippen LogP contribution in [-0.4, -0.2) is 23.7 Å². The summed E-state index contributed by atoms with van der Waals surface area (Å²) in [5.74, 6) is -0.131. The Hall–Kier alpha value is -0.570. The average Bonchev–Trinajstić information content (AvgIpc) is 2.24. The molecule has 0 bridgehead atoms. The van der Waals surface area contributed by atoms with Crippen molar-refractivity contribution >= 4 is 5.97 Å². The van der Waals surface area contributed by atoms with E-state index in [1.807, 2.05) is 13.8 Å². The molecule has 0 spiro atoms. The van der Waals surface area contributed by atoms with Gasteiger partial charge in [0, 0.05) is 12.6 Å². The molecule has 16 heavy (non-hydrogen) atoms. The largest absolute Gasteiger partial charge is 0.481 e. The van der Waals surface area contributed by atoms with E-state index >= 15 is 0 Å². The summed E-state index contributed by atoms with van der Waals surface area (Å²) in [7, 11) is 0. The van der Waals surface area contributed by atoms with Crippen LogP contribution >= 0.6 is 0 Å². The van der Waals surface area contributed by atoms with E-state index in [4.69, 9.17) is 0 Å². The maximum absolute atomic E-state index is 11.3. The summed E-state index contributed by atoms with van der Waals surface area (Å²) in [6, 6.07) is 0.414. The van der Waals surface area contributed by atoms with Crippen LogP contribution in [0.5, 0.6) is 0 Å². The van der Waals surface area contributed by atoms with Crippen molar-refractivity contribution in [3.8, 4) is 0 Å². The number of carboxylic acids is 1. The summed E-state index contributed by atoms with van der Waals surface area (Å²) in [6.07, 6.45) is 2.40. The summed E-state index contributed by atoms with van der Waals surface area (Å²) in [4.78, 5) is 11.3. The van der Waals surface area contributed by atoms with Crippen LogP contribution in [0.25, 0.3) is 0 Å². The number of aliphatic carboxylic acids is 1. The van der Waals surface area contributed by atoms with E-state index in [9.17, 15) is 9.90 Å². The summed E-state index contributed by atoms with van der Waals surface area (Å²) in [6.45, 7) is 11.0. The van der Waals surface area contributed by atoms with Gasteiger partial charge in [0.15, 0.2) is 0 Å². The lowest BCUT2D eigenvalue weighted by Crippen LogP contribution is -2.45. The first-order chi connectivity index (χ1) is 7.43. The lowest BCUT2D eigenvalue weighted by Gasteiger charge is -2.30. The molecule has 3 nitrogen and oxygen atoms in total. The van der Waals surface area contributed by atoms with Gasteiger partial charge >= 0.3 is 5.97 Å². The highest BCUT2D eigenvalue weighted by molar-refractivity contribution is 5.74. The van der Waals surface area contributed by atoms with Gasteiger partial charge in [0.2, 0.25) is 0 Å². The molecule has 0 rings (SSSR count). The number of nitrogens with one attached hydrogen (secondary N) is 1. The quantitative estimate of drug-likeness (QED) is 0.673. The Morgan fingerprint density at radius 2 is 1.75 bits per heavy atom. The fourth-order valence-corrected chi connectivity index (χ4v) is 2.06. The van der Waals surface area contributed by atoms with Crippen LogP contribution in [0.1, 0.15) is 53.9 Å². The third-order valence-electron chi connectivity index (χ3n) is 3.75. The van der Waals surface area contributed by atoms with Crippen LogP contribution in [0, 0.1) is 11.3 Å². The molecule has 0 amide bonds. The average molecular weight is 229 g/mol. The molecular formula is C13H27NO2. The summed E-state index contributed by atoms with van der Waals surface area (Å²) in [5.41, 5.74) is -0.595. The number of carbonyl (C=O) groups is 1. The topological polar surface area (TPSA) is 49.3 Å². The lowest BCUT2D eigenvalue weighted by molar-refractivity contribution is -0.149. The molecule has 1 unspecified atom stereocenters. The number of carboxylic acid groups (broad SMARTS) is 1. The van der Waals surface area contributed by atoms with Crippen LogP contribution in [0.3, 0.4) is 0 Å². The maximum Gasteiger partial charge on any atom is 0.310 e. The van der Waals surface area contributed by atoms with Crippen molar-refractivity contribution in [3.05, 3.63) is 0 Å². The van der Waals surface area contributed by atoms with Gasteiger partial charge in [-0.2, -0.15) is 0 Å². The third kappa shape index (κ3) is 3.78. The minimum Gasteiger partial charge on any atom is -0.481 e. The van der Waals surface area contributed by atoms with E-state index < -0.39 is 11.4 Å². The van der Waals surface area contributed by atoms with Crippen molar-refractivity contribution < 1.29 is 9.90 Å². The van der Waals surface area contributed by atoms with Crippen LogP contribution < -0.4 is 5.32 Å². The van der Waals surface area contributed by atoms with Crippen molar-refractivity contribution in [1.29, 1.82) is 0 Å². The SMILES string of the molecule is CCC(NCC(CC)(CC)C(=O)O)C(C)C. The molecule has 0 heterocycles. The fraction of sp³-hybridized carbons (Fsp3) is 0.923. The van der Waals surface area contributed by atoms with Gasteiger partial charge in [-0.25, -0.2) is 0 Å². The minimum atomic E-state index is -0.677. The summed E-state index contributed by atoms with van der Waals surface area (Å²) in [5, 5.41) is 12.7. The molecular weight excluding hydrogens is 202 g/mol.